The molecule has 1 heterocycles. The van der Waals surface area contributed by atoms with Gasteiger partial charge in [0.25, 0.3) is 0 Å². The molecular weight excluding hydrogens is 246 g/mol. The van der Waals surface area contributed by atoms with E-state index in [1.807, 2.05) is 0 Å². The van der Waals surface area contributed by atoms with Crippen LogP contribution < -0.4 is 5.32 Å². The predicted octanol–water partition coefficient (Wildman–Crippen LogP) is 4.19. The van der Waals surface area contributed by atoms with Crippen molar-refractivity contribution in [2.24, 2.45) is 0 Å². The first-order valence-electron chi connectivity index (χ1n) is 7.73. The minimum absolute atomic E-state index is 0.297. The second-order valence-corrected chi connectivity index (χ2v) is 5.59. The molecule has 3 rings (SSSR count). The van der Waals surface area contributed by atoms with Crippen LogP contribution in [0.3, 0.4) is 0 Å². The molecule has 0 saturated carbocycles. The van der Waals surface area contributed by atoms with Gasteiger partial charge in [-0.05, 0) is 43.0 Å². The SMILES string of the molecule is CCCOC1(c2cccc3ccccc23)CCCCN1. The van der Waals surface area contributed by atoms with E-state index in [4.69, 9.17) is 4.74 Å². The Balaban J connectivity index is 2.08. The minimum atomic E-state index is -0.297. The van der Waals surface area contributed by atoms with Gasteiger partial charge in [-0.2, -0.15) is 0 Å². The predicted molar refractivity (Wildman–Crippen MR) is 83.7 cm³/mol. The summed E-state index contributed by atoms with van der Waals surface area (Å²) in [5, 5.41) is 6.25. The largest absolute Gasteiger partial charge is 0.356 e. The zero-order valence-corrected chi connectivity index (χ0v) is 12.2. The molecule has 1 atom stereocenters. The van der Waals surface area contributed by atoms with E-state index in [1.165, 1.54) is 29.2 Å². The normalized spacial score (nSPS) is 23.1. The fourth-order valence-electron chi connectivity index (χ4n) is 3.16. The monoisotopic (exact) mass is 269 g/mol. The third-order valence-electron chi connectivity index (χ3n) is 4.14. The highest BCUT2D eigenvalue weighted by atomic mass is 16.5. The standard InChI is InChI=1S/C18H23NO/c1-2-14-20-18(12-5-6-13-19-18)17-11-7-9-15-8-3-4-10-16(15)17/h3-4,7-11,19H,2,5-6,12-14H2,1H3. The van der Waals surface area contributed by atoms with Crippen LogP contribution in [0, 0.1) is 0 Å². The first-order chi connectivity index (χ1) is 9.86. The van der Waals surface area contributed by atoms with Gasteiger partial charge >= 0.3 is 0 Å². The molecule has 0 radical (unpaired) electrons. The summed E-state index contributed by atoms with van der Waals surface area (Å²) in [6.07, 6.45) is 4.57. The van der Waals surface area contributed by atoms with Gasteiger partial charge in [0.1, 0.15) is 5.72 Å². The number of hydrogen-bond donors (Lipinski definition) is 1. The molecule has 0 aromatic heterocycles. The van der Waals surface area contributed by atoms with Crippen LogP contribution in [0.15, 0.2) is 42.5 Å². The highest BCUT2D eigenvalue weighted by Gasteiger charge is 2.35. The second-order valence-electron chi connectivity index (χ2n) is 5.59. The zero-order chi connectivity index (χ0) is 13.8. The van der Waals surface area contributed by atoms with E-state index in [2.05, 4.69) is 54.7 Å². The average molecular weight is 269 g/mol. The van der Waals surface area contributed by atoms with Crippen LogP contribution in [0.25, 0.3) is 10.8 Å². The van der Waals surface area contributed by atoms with Crippen molar-refractivity contribution in [3.63, 3.8) is 0 Å². The van der Waals surface area contributed by atoms with Gasteiger partial charge < -0.3 is 4.74 Å². The maximum atomic E-state index is 6.30. The maximum Gasteiger partial charge on any atom is 0.145 e. The third kappa shape index (κ3) is 2.46. The van der Waals surface area contributed by atoms with E-state index in [9.17, 15) is 0 Å². The summed E-state index contributed by atoms with van der Waals surface area (Å²) in [5.74, 6) is 0. The Morgan fingerprint density at radius 2 is 1.95 bits per heavy atom. The van der Waals surface area contributed by atoms with Gasteiger partial charge in [0.2, 0.25) is 0 Å². The maximum absolute atomic E-state index is 6.30. The van der Waals surface area contributed by atoms with Crippen molar-refractivity contribution in [1.29, 1.82) is 0 Å². The highest BCUT2D eigenvalue weighted by molar-refractivity contribution is 5.86. The topological polar surface area (TPSA) is 21.3 Å². The Labute approximate surface area is 121 Å². The highest BCUT2D eigenvalue weighted by Crippen LogP contribution is 2.36. The Morgan fingerprint density at radius 3 is 2.75 bits per heavy atom. The minimum Gasteiger partial charge on any atom is -0.356 e. The molecule has 0 bridgehead atoms. The fraction of sp³-hybridized carbons (Fsp3) is 0.444. The van der Waals surface area contributed by atoms with Gasteiger partial charge in [-0.3, -0.25) is 5.32 Å². The molecule has 1 aliphatic rings. The smallest absolute Gasteiger partial charge is 0.145 e. The summed E-state index contributed by atoms with van der Waals surface area (Å²) in [5.41, 5.74) is 0.999. The lowest BCUT2D eigenvalue weighted by molar-refractivity contribution is -0.0930. The third-order valence-corrected chi connectivity index (χ3v) is 4.14. The molecule has 0 spiro atoms. The lowest BCUT2D eigenvalue weighted by atomic mass is 9.89. The molecule has 2 nitrogen and oxygen atoms in total. The van der Waals surface area contributed by atoms with Crippen LogP contribution in [0.1, 0.15) is 38.2 Å². The average Bonchev–Trinajstić information content (AvgIpc) is 2.53. The van der Waals surface area contributed by atoms with Gasteiger partial charge in [-0.1, -0.05) is 49.4 Å². The zero-order valence-electron chi connectivity index (χ0n) is 12.2. The summed E-state index contributed by atoms with van der Waals surface area (Å²) in [6.45, 7) is 4.00. The van der Waals surface area contributed by atoms with E-state index >= 15 is 0 Å². The summed E-state index contributed by atoms with van der Waals surface area (Å²) in [7, 11) is 0. The van der Waals surface area contributed by atoms with Crippen LogP contribution in [-0.2, 0) is 10.5 Å². The molecule has 2 heteroatoms. The van der Waals surface area contributed by atoms with Crippen molar-refractivity contribution in [2.75, 3.05) is 13.2 Å². The lowest BCUT2D eigenvalue weighted by Gasteiger charge is -2.39. The molecule has 2 aromatic rings. The number of piperidine rings is 1. The Kier molecular flexibility index (Phi) is 4.04. The fourth-order valence-corrected chi connectivity index (χ4v) is 3.16. The van der Waals surface area contributed by atoms with Crippen molar-refractivity contribution < 1.29 is 4.74 Å². The van der Waals surface area contributed by atoms with Crippen molar-refractivity contribution >= 4 is 10.8 Å². The van der Waals surface area contributed by atoms with E-state index < -0.39 is 0 Å². The molecule has 1 unspecified atom stereocenters. The van der Waals surface area contributed by atoms with Crippen LogP contribution in [0.4, 0.5) is 0 Å². The summed E-state index contributed by atoms with van der Waals surface area (Å²) >= 11 is 0. The van der Waals surface area contributed by atoms with Crippen molar-refractivity contribution in [3.8, 4) is 0 Å². The molecule has 0 aliphatic carbocycles. The summed E-state index contributed by atoms with van der Waals surface area (Å²) in [6, 6.07) is 15.1. The number of benzene rings is 2. The number of hydrogen-bond acceptors (Lipinski definition) is 2. The van der Waals surface area contributed by atoms with E-state index in [0.717, 1.165) is 26.0 Å². The van der Waals surface area contributed by atoms with Crippen LogP contribution in [0.2, 0.25) is 0 Å². The van der Waals surface area contributed by atoms with E-state index in [-0.39, 0.29) is 5.72 Å². The van der Waals surface area contributed by atoms with Crippen molar-refractivity contribution in [3.05, 3.63) is 48.0 Å². The van der Waals surface area contributed by atoms with Gasteiger partial charge in [0.05, 0.1) is 0 Å². The van der Waals surface area contributed by atoms with E-state index in [0.29, 0.717) is 0 Å². The number of ether oxygens (including phenoxy) is 1. The molecule has 2 aromatic carbocycles. The van der Waals surface area contributed by atoms with Gasteiger partial charge in [0, 0.05) is 12.2 Å². The van der Waals surface area contributed by atoms with Crippen LogP contribution in [-0.4, -0.2) is 13.2 Å². The number of fused-ring (bicyclic) bond motifs is 1. The molecule has 1 saturated heterocycles. The van der Waals surface area contributed by atoms with Gasteiger partial charge in [0.15, 0.2) is 0 Å². The van der Waals surface area contributed by atoms with Crippen LogP contribution in [0.5, 0.6) is 0 Å². The number of rotatable bonds is 4. The van der Waals surface area contributed by atoms with Gasteiger partial charge in [-0.15, -0.1) is 0 Å². The molecule has 106 valence electrons. The molecule has 1 aliphatic heterocycles. The summed E-state index contributed by atoms with van der Waals surface area (Å²) < 4.78 is 6.30. The molecule has 1 N–H and O–H groups in total. The first kappa shape index (κ1) is 13.6. The van der Waals surface area contributed by atoms with E-state index in [1.54, 1.807) is 0 Å². The van der Waals surface area contributed by atoms with Crippen molar-refractivity contribution in [2.45, 2.75) is 38.3 Å². The van der Waals surface area contributed by atoms with Crippen molar-refractivity contribution in [1.82, 2.24) is 5.32 Å². The molecular formula is C18H23NO. The summed E-state index contributed by atoms with van der Waals surface area (Å²) in [4.78, 5) is 0. The second kappa shape index (κ2) is 5.94. The molecule has 1 fully saturated rings. The number of nitrogens with one attached hydrogen (secondary N) is 1. The Hall–Kier alpha value is -1.38. The van der Waals surface area contributed by atoms with Crippen LogP contribution >= 0.6 is 0 Å². The quantitative estimate of drug-likeness (QED) is 0.898. The Bertz CT molecular complexity index is 567. The Morgan fingerprint density at radius 1 is 1.10 bits per heavy atom. The molecule has 20 heavy (non-hydrogen) atoms. The first-order valence-corrected chi connectivity index (χ1v) is 7.73. The molecule has 0 amide bonds. The lowest BCUT2D eigenvalue weighted by Crippen LogP contribution is -2.48. The van der Waals surface area contributed by atoms with Gasteiger partial charge in [-0.25, -0.2) is 0 Å².